The molecule has 5 nitrogen and oxygen atoms in total. The Kier molecular flexibility index (Phi) is 5.34. The van der Waals surface area contributed by atoms with Gasteiger partial charge in [0.1, 0.15) is 12.4 Å². The number of hydrogen-bond donors (Lipinski definition) is 1. The van der Waals surface area contributed by atoms with Crippen LogP contribution in [0.3, 0.4) is 0 Å². The summed E-state index contributed by atoms with van der Waals surface area (Å²) in [4.78, 5) is 25.3. The number of nitrogens with zero attached hydrogens (tertiary/aromatic N) is 1. The Morgan fingerprint density at radius 1 is 1.15 bits per heavy atom. The van der Waals surface area contributed by atoms with E-state index < -0.39 is 23.4 Å². The van der Waals surface area contributed by atoms with E-state index in [1.807, 2.05) is 0 Å². The van der Waals surface area contributed by atoms with Crippen molar-refractivity contribution in [1.82, 2.24) is 5.32 Å². The molecule has 2 aromatic rings. The number of hydrogen-bond acceptors (Lipinski definition) is 3. The van der Waals surface area contributed by atoms with Crippen LogP contribution in [0.25, 0.3) is 0 Å². The fourth-order valence-electron chi connectivity index (χ4n) is 2.90. The molecule has 8 heteroatoms. The highest BCUT2D eigenvalue weighted by Gasteiger charge is 2.34. The van der Waals surface area contributed by atoms with Gasteiger partial charge in [0.15, 0.2) is 17.5 Å². The molecule has 0 radical (unpaired) electrons. The van der Waals surface area contributed by atoms with Gasteiger partial charge in [-0.05, 0) is 36.4 Å². The predicted octanol–water partition coefficient (Wildman–Crippen LogP) is 2.78. The van der Waals surface area contributed by atoms with E-state index in [-0.39, 0.29) is 30.4 Å². The van der Waals surface area contributed by atoms with Crippen molar-refractivity contribution in [2.24, 2.45) is 5.92 Å². The van der Waals surface area contributed by atoms with E-state index in [1.54, 1.807) is 24.3 Å². The van der Waals surface area contributed by atoms with Crippen LogP contribution in [-0.2, 0) is 16.2 Å². The number of halogens is 3. The van der Waals surface area contributed by atoms with E-state index in [0.717, 1.165) is 12.1 Å². The van der Waals surface area contributed by atoms with Crippen LogP contribution in [0.15, 0.2) is 36.4 Å². The van der Waals surface area contributed by atoms with E-state index in [4.69, 9.17) is 4.74 Å². The third kappa shape index (κ3) is 3.89. The summed E-state index contributed by atoms with van der Waals surface area (Å²) < 4.78 is 45.2. The zero-order valence-corrected chi connectivity index (χ0v) is 14.5. The molecule has 1 aliphatic rings. The van der Waals surface area contributed by atoms with Gasteiger partial charge in [-0.2, -0.15) is 0 Å². The lowest BCUT2D eigenvalue weighted by Gasteiger charge is -2.17. The molecule has 0 bridgehead atoms. The predicted molar refractivity (Wildman–Crippen MR) is 91.6 cm³/mol. The molecular formula is C19H17F3N2O3. The zero-order chi connectivity index (χ0) is 19.6. The molecule has 2 aromatic carbocycles. The van der Waals surface area contributed by atoms with Crippen LogP contribution < -0.4 is 15.0 Å². The SMILES string of the molecule is CNC(=O)[C@H]1CC(=O)N(c2ccc(OCc3ccc(F)c(F)c3F)cc2)C1. The summed E-state index contributed by atoms with van der Waals surface area (Å²) in [5, 5.41) is 2.53. The summed E-state index contributed by atoms with van der Waals surface area (Å²) in [7, 11) is 1.53. The monoisotopic (exact) mass is 378 g/mol. The third-order valence-corrected chi connectivity index (χ3v) is 4.40. The molecule has 0 aliphatic carbocycles. The summed E-state index contributed by atoms with van der Waals surface area (Å²) >= 11 is 0. The molecule has 1 heterocycles. The Balaban J connectivity index is 1.65. The van der Waals surface area contributed by atoms with E-state index in [2.05, 4.69) is 5.32 Å². The van der Waals surface area contributed by atoms with Crippen molar-refractivity contribution in [3.05, 3.63) is 59.4 Å². The fourth-order valence-corrected chi connectivity index (χ4v) is 2.90. The van der Waals surface area contributed by atoms with Crippen LogP contribution in [0.1, 0.15) is 12.0 Å². The first-order valence-electron chi connectivity index (χ1n) is 8.28. The van der Waals surface area contributed by atoms with Crippen LogP contribution in [0.5, 0.6) is 5.75 Å². The van der Waals surface area contributed by atoms with Gasteiger partial charge >= 0.3 is 0 Å². The molecule has 1 N–H and O–H groups in total. The van der Waals surface area contributed by atoms with Gasteiger partial charge < -0.3 is 15.0 Å². The van der Waals surface area contributed by atoms with Gasteiger partial charge in [-0.25, -0.2) is 13.2 Å². The third-order valence-electron chi connectivity index (χ3n) is 4.40. The molecule has 1 saturated heterocycles. The molecule has 1 fully saturated rings. The maximum absolute atomic E-state index is 13.6. The summed E-state index contributed by atoms with van der Waals surface area (Å²) in [5.41, 5.74) is 0.499. The maximum Gasteiger partial charge on any atom is 0.227 e. The topological polar surface area (TPSA) is 58.6 Å². The number of carbonyl (C=O) groups excluding carboxylic acids is 2. The van der Waals surface area contributed by atoms with Crippen LogP contribution in [-0.4, -0.2) is 25.4 Å². The van der Waals surface area contributed by atoms with Gasteiger partial charge in [0.25, 0.3) is 0 Å². The second kappa shape index (κ2) is 7.69. The van der Waals surface area contributed by atoms with Crippen LogP contribution in [0.2, 0.25) is 0 Å². The van der Waals surface area contributed by atoms with Crippen molar-refractivity contribution < 1.29 is 27.5 Å². The largest absolute Gasteiger partial charge is 0.489 e. The summed E-state index contributed by atoms with van der Waals surface area (Å²) in [6, 6.07) is 8.38. The van der Waals surface area contributed by atoms with Crippen molar-refractivity contribution in [3.63, 3.8) is 0 Å². The Hall–Kier alpha value is -3.03. The first-order valence-corrected chi connectivity index (χ1v) is 8.28. The lowest BCUT2D eigenvalue weighted by molar-refractivity contribution is -0.125. The summed E-state index contributed by atoms with van der Waals surface area (Å²) in [6.45, 7) is 0.0164. The summed E-state index contributed by atoms with van der Waals surface area (Å²) in [6.07, 6.45) is 0.146. The Labute approximate surface area is 153 Å². The van der Waals surface area contributed by atoms with Gasteiger partial charge in [0.2, 0.25) is 11.8 Å². The molecule has 0 unspecified atom stereocenters. The first-order chi connectivity index (χ1) is 12.9. The summed E-state index contributed by atoms with van der Waals surface area (Å²) in [5.74, 6) is -4.43. The molecule has 142 valence electrons. The van der Waals surface area contributed by atoms with Crippen molar-refractivity contribution >= 4 is 17.5 Å². The molecule has 1 aliphatic heterocycles. The lowest BCUT2D eigenvalue weighted by atomic mass is 10.1. The van der Waals surface area contributed by atoms with Gasteiger partial charge in [-0.1, -0.05) is 0 Å². The molecule has 0 aromatic heterocycles. The van der Waals surface area contributed by atoms with Gasteiger partial charge in [-0.15, -0.1) is 0 Å². The Morgan fingerprint density at radius 2 is 1.85 bits per heavy atom. The first kappa shape index (κ1) is 18.8. The number of rotatable bonds is 5. The average molecular weight is 378 g/mol. The van der Waals surface area contributed by atoms with Crippen LogP contribution >= 0.6 is 0 Å². The lowest BCUT2D eigenvalue weighted by Crippen LogP contribution is -2.30. The second-order valence-corrected chi connectivity index (χ2v) is 6.14. The number of anilines is 1. The van der Waals surface area contributed by atoms with Crippen molar-refractivity contribution in [3.8, 4) is 5.75 Å². The zero-order valence-electron chi connectivity index (χ0n) is 14.5. The highest BCUT2D eigenvalue weighted by atomic mass is 19.2. The minimum absolute atomic E-state index is 0.110. The molecule has 0 spiro atoms. The van der Waals surface area contributed by atoms with Gasteiger partial charge in [-0.3, -0.25) is 9.59 Å². The van der Waals surface area contributed by atoms with Crippen molar-refractivity contribution in [1.29, 1.82) is 0 Å². The number of amides is 2. The molecule has 1 atom stereocenters. The van der Waals surface area contributed by atoms with Crippen LogP contribution in [0.4, 0.5) is 18.9 Å². The average Bonchev–Trinajstić information content (AvgIpc) is 3.07. The molecule has 0 saturated carbocycles. The van der Waals surface area contributed by atoms with E-state index >= 15 is 0 Å². The van der Waals surface area contributed by atoms with Gasteiger partial charge in [0.05, 0.1) is 5.92 Å². The number of ether oxygens (including phenoxy) is 1. The standard InChI is InChI=1S/C19H17F3N2O3/c1-23-19(26)12-8-16(25)24(9-12)13-3-5-14(6-4-13)27-10-11-2-7-15(20)18(22)17(11)21/h2-7,12H,8-10H2,1H3,(H,23,26)/t12-/m0/s1. The quantitative estimate of drug-likeness (QED) is 0.814. The van der Waals surface area contributed by atoms with E-state index in [0.29, 0.717) is 18.0 Å². The Morgan fingerprint density at radius 3 is 2.52 bits per heavy atom. The Bertz CT molecular complexity index is 871. The molecule has 2 amide bonds. The molecule has 3 rings (SSSR count). The number of nitrogens with one attached hydrogen (secondary N) is 1. The minimum Gasteiger partial charge on any atom is -0.489 e. The minimum atomic E-state index is -1.54. The van der Waals surface area contributed by atoms with Crippen molar-refractivity contribution in [2.75, 3.05) is 18.5 Å². The smallest absolute Gasteiger partial charge is 0.227 e. The maximum atomic E-state index is 13.6. The molecule has 27 heavy (non-hydrogen) atoms. The van der Waals surface area contributed by atoms with Crippen molar-refractivity contribution in [2.45, 2.75) is 13.0 Å². The van der Waals surface area contributed by atoms with E-state index in [1.165, 1.54) is 11.9 Å². The number of benzene rings is 2. The molecular weight excluding hydrogens is 361 g/mol. The normalized spacial score (nSPS) is 16.5. The van der Waals surface area contributed by atoms with Crippen LogP contribution in [0, 0.1) is 23.4 Å². The van der Waals surface area contributed by atoms with E-state index in [9.17, 15) is 22.8 Å². The fraction of sp³-hybridized carbons (Fsp3) is 0.263. The number of carbonyl (C=O) groups is 2. The van der Waals surface area contributed by atoms with Gasteiger partial charge in [0, 0.05) is 31.3 Å². The highest BCUT2D eigenvalue weighted by Crippen LogP contribution is 2.27. The highest BCUT2D eigenvalue weighted by molar-refractivity contribution is 6.00. The second-order valence-electron chi connectivity index (χ2n) is 6.14.